The van der Waals surface area contributed by atoms with Crippen molar-refractivity contribution < 1.29 is 220 Å². The molecule has 10 rings (SSSR count). The largest absolute Gasteiger partial charge is 1.00 e. The quantitative estimate of drug-likeness (QED) is 0.0352. The summed E-state index contributed by atoms with van der Waals surface area (Å²) in [5.41, 5.74) is 10.3. The number of nitrogens with zero attached hydrogens (tertiary/aromatic N) is 2. The fourth-order valence-corrected chi connectivity index (χ4v) is 12.5. The summed E-state index contributed by atoms with van der Waals surface area (Å²) in [7, 11) is 7.47. The van der Waals surface area contributed by atoms with Gasteiger partial charge in [0.05, 0.1) is 77.1 Å². The Hall–Kier alpha value is -3.18. The van der Waals surface area contributed by atoms with E-state index < -0.39 is 19.8 Å². The summed E-state index contributed by atoms with van der Waals surface area (Å²) in [6.07, 6.45) is 19.6. The summed E-state index contributed by atoms with van der Waals surface area (Å²) in [6, 6.07) is 17.4. The van der Waals surface area contributed by atoms with E-state index in [1.54, 1.807) is 14.2 Å². The van der Waals surface area contributed by atoms with E-state index in [9.17, 15) is 28.8 Å². The molecular weight excluding hydrogens is 1310 g/mol. The average molecular weight is 1370 g/mol. The van der Waals surface area contributed by atoms with Crippen molar-refractivity contribution in [2.45, 2.75) is 94.7 Å². The number of allylic oxidation sites excluding steroid dienone is 4. The number of aliphatic hydroxyl groups excluding tert-OH is 1. The van der Waals surface area contributed by atoms with Crippen LogP contribution in [0.25, 0.3) is 33.1 Å². The molecule has 3 atom stereocenters. The number of carbonyl (C=O) groups is 5. The van der Waals surface area contributed by atoms with Crippen LogP contribution >= 0.6 is 7.60 Å². The van der Waals surface area contributed by atoms with Crippen LogP contribution < -0.4 is 148 Å². The first-order valence-electron chi connectivity index (χ1n) is 25.9. The van der Waals surface area contributed by atoms with E-state index in [4.69, 9.17) is 33.7 Å². The Morgan fingerprint density at radius 1 is 0.704 bits per heavy atom. The average Bonchev–Trinajstić information content (AvgIpc) is 4.30. The summed E-state index contributed by atoms with van der Waals surface area (Å²) in [6.45, 7) is 3.47. The van der Waals surface area contributed by atoms with Gasteiger partial charge in [-0.25, -0.2) is 19.2 Å². The first kappa shape index (κ1) is 68.6. The topological polar surface area (TPSA) is 239 Å². The van der Waals surface area contributed by atoms with Crippen molar-refractivity contribution in [2.75, 3.05) is 56.9 Å². The number of esters is 4. The maximum Gasteiger partial charge on any atom is 1.00 e. The van der Waals surface area contributed by atoms with Crippen molar-refractivity contribution in [3.63, 3.8) is 0 Å². The van der Waals surface area contributed by atoms with Crippen molar-refractivity contribution in [1.29, 1.82) is 0 Å². The summed E-state index contributed by atoms with van der Waals surface area (Å²) in [5.74, 6) is 0.607. The van der Waals surface area contributed by atoms with Gasteiger partial charge in [0.15, 0.2) is 6.23 Å². The van der Waals surface area contributed by atoms with Gasteiger partial charge in [0, 0.05) is 59.2 Å². The number of fused-ring (bicyclic) bond motifs is 10. The smallest absolute Gasteiger partial charge is 1.00 e. The number of carbonyl (C=O) groups excluding carboxylic acids is 5. The van der Waals surface area contributed by atoms with Gasteiger partial charge in [-0.1, -0.05) is 69.4 Å². The number of benzene rings is 3. The molecule has 81 heavy (non-hydrogen) atoms. The van der Waals surface area contributed by atoms with E-state index in [1.165, 1.54) is 90.9 Å². The third-order valence-electron chi connectivity index (χ3n) is 15.3. The van der Waals surface area contributed by atoms with Crippen LogP contribution in [-0.2, 0) is 63.1 Å². The van der Waals surface area contributed by atoms with Gasteiger partial charge in [-0.15, -0.1) is 0 Å². The van der Waals surface area contributed by atoms with Crippen LogP contribution in [0.3, 0.4) is 0 Å². The molecule has 0 saturated heterocycles. The van der Waals surface area contributed by atoms with Crippen molar-refractivity contribution in [2.24, 2.45) is 5.92 Å². The SMILES string of the molecule is C=C(C(=O)OC)P(=O)(OC)OC.COC(=O)C1=CC2C=C(OC)C=CC2c2c(C3CCCCC3)c3ccc(C(=O)OC)cc3n2C1.COC(=O)c1ccc2c(C3CCCCC3)c3n(c2c1)C(O)c1cc(OC)ccc1-3.O=CO[O-].[Cs+].[Cs+].[H-]. The minimum Gasteiger partial charge on any atom is -1.00 e. The predicted octanol–water partition coefficient (Wildman–Crippen LogP) is 4.11. The molecule has 0 spiro atoms. The van der Waals surface area contributed by atoms with E-state index in [-0.39, 0.29) is 181 Å². The number of aliphatic hydroxyl groups is 1. The second kappa shape index (κ2) is 31.8. The third kappa shape index (κ3) is 14.9. The van der Waals surface area contributed by atoms with Gasteiger partial charge in [0.1, 0.15) is 16.8 Å². The van der Waals surface area contributed by atoms with Crippen LogP contribution in [0.5, 0.6) is 5.75 Å². The molecule has 0 amide bonds. The van der Waals surface area contributed by atoms with Gasteiger partial charge in [-0.05, 0) is 103 Å². The predicted molar refractivity (Wildman–Crippen MR) is 292 cm³/mol. The van der Waals surface area contributed by atoms with Gasteiger partial charge in [0.2, 0.25) is 0 Å². The molecule has 19 nitrogen and oxygen atoms in total. The van der Waals surface area contributed by atoms with Gasteiger partial charge in [-0.3, -0.25) is 9.36 Å². The van der Waals surface area contributed by atoms with E-state index >= 15 is 0 Å². The maximum atomic E-state index is 12.8. The Bertz CT molecular complexity index is 3260. The molecule has 0 radical (unpaired) electrons. The summed E-state index contributed by atoms with van der Waals surface area (Å²) in [4.78, 5) is 59.4. The van der Waals surface area contributed by atoms with Crippen molar-refractivity contribution in [1.82, 2.24) is 9.13 Å². The minimum atomic E-state index is -3.51. The van der Waals surface area contributed by atoms with Crippen molar-refractivity contribution >= 4 is 59.8 Å². The molecule has 424 valence electrons. The number of rotatable bonds is 12. The Kier molecular flexibility index (Phi) is 26.9. The molecule has 5 aromatic rings. The van der Waals surface area contributed by atoms with Crippen LogP contribution in [0, 0.1) is 5.92 Å². The Morgan fingerprint density at radius 3 is 1.75 bits per heavy atom. The number of hydrogen-bond donors (Lipinski definition) is 1. The standard InChI is InChI=1S/C28H31NO5.C24H25NO4.C6H11O5P.CH2O3.2Cs.H/c1-32-21-10-12-22-19(14-21)13-20(28(31)34-3)16-29-24-15-18(27(30)33-2)9-11-23(24)25(26(22)29)17-7-5-4-6-8-17;1-28-16-9-11-17-19(13-16)23(26)25-20-12-15(24(27)29-2)8-10-18(20)21(22(17)25)14-6-4-3-5-7-14;1-5(6(7)9-2)12(8,10-3)11-4;2-1-4-3;;;/h9-15,17,19,22H,4-8,16H2,1-3H3;8-14,23,26H,3-7H2,1-2H3;1H2,2-4H3;1,3H;;;/q;;;;2*+1;-1/p-1. The fourth-order valence-electron chi connectivity index (χ4n) is 11.6. The van der Waals surface area contributed by atoms with Gasteiger partial charge >= 0.3 is 169 Å². The third-order valence-corrected chi connectivity index (χ3v) is 17.1. The van der Waals surface area contributed by atoms with E-state index in [2.05, 4.69) is 48.0 Å². The molecule has 4 heterocycles. The molecule has 1 N–H and O–H groups in total. The number of ether oxygens (including phenoxy) is 6. The van der Waals surface area contributed by atoms with Gasteiger partial charge in [-0.2, -0.15) is 0 Å². The van der Waals surface area contributed by atoms with Crippen LogP contribution in [0.2, 0.25) is 0 Å². The van der Waals surface area contributed by atoms with Crippen LogP contribution in [0.15, 0.2) is 102 Å². The zero-order valence-corrected chi connectivity index (χ0v) is 61.2. The Balaban J connectivity index is 0.000000274. The Morgan fingerprint density at radius 2 is 1.25 bits per heavy atom. The first-order valence-corrected chi connectivity index (χ1v) is 27.5. The maximum absolute atomic E-state index is 12.8. The summed E-state index contributed by atoms with van der Waals surface area (Å²) in [5, 5.41) is 21.6. The van der Waals surface area contributed by atoms with E-state index in [0.717, 1.165) is 82.9 Å². The minimum absolute atomic E-state index is 0. The van der Waals surface area contributed by atoms with Crippen LogP contribution in [0.1, 0.15) is 133 Å². The Labute approximate surface area is 590 Å². The molecule has 2 aromatic heterocycles. The van der Waals surface area contributed by atoms with E-state index in [0.29, 0.717) is 35.1 Å². The molecule has 2 fully saturated rings. The van der Waals surface area contributed by atoms with Crippen molar-refractivity contribution in [3.05, 3.63) is 136 Å². The second-order valence-electron chi connectivity index (χ2n) is 19.4. The second-order valence-corrected chi connectivity index (χ2v) is 21.6. The van der Waals surface area contributed by atoms with E-state index in [1.807, 2.05) is 65.3 Å². The molecule has 5 aliphatic rings. The molecule has 3 aromatic carbocycles. The van der Waals surface area contributed by atoms with Crippen molar-refractivity contribution in [3.8, 4) is 17.0 Å². The molecule has 2 aliphatic heterocycles. The zero-order chi connectivity index (χ0) is 57.1. The number of methoxy groups -OCH3 is 6. The van der Waals surface area contributed by atoms with Crippen LogP contribution in [0.4, 0.5) is 0 Å². The normalized spacial score (nSPS) is 17.8. The zero-order valence-electron chi connectivity index (χ0n) is 48.8. The monoisotopic (exact) mass is 1370 g/mol. The molecular formula is C59H69Cs2N2O17P. The molecule has 2 saturated carbocycles. The number of hydrogen-bond acceptors (Lipinski definition) is 17. The molecule has 22 heteroatoms. The van der Waals surface area contributed by atoms with Gasteiger partial charge in [0.25, 0.3) is 6.47 Å². The summed E-state index contributed by atoms with van der Waals surface area (Å²) < 4.78 is 54.9. The molecule has 0 bridgehead atoms. The fraction of sp³-hybridized carbons (Fsp3) is 0.407. The molecule has 3 unspecified atom stereocenters. The molecule has 3 aliphatic carbocycles. The summed E-state index contributed by atoms with van der Waals surface area (Å²) >= 11 is 0. The first-order chi connectivity index (χ1) is 38.1. The number of aromatic nitrogens is 2. The van der Waals surface area contributed by atoms with Gasteiger partial charge < -0.3 is 63.3 Å². The van der Waals surface area contributed by atoms with Crippen LogP contribution in [-0.4, -0.2) is 101 Å².